The minimum atomic E-state index is -1.76. The molecule has 0 spiro atoms. The van der Waals surface area contributed by atoms with E-state index in [0.29, 0.717) is 6.61 Å². The van der Waals surface area contributed by atoms with Gasteiger partial charge in [-0.05, 0) is 12.8 Å². The van der Waals surface area contributed by atoms with Crippen LogP contribution in [0.15, 0.2) is 0 Å². The Hall–Kier alpha value is 1.54. The molecule has 0 heterocycles. The topological polar surface area (TPSA) is 26.3 Å². The first kappa shape index (κ1) is 31.7. The Morgan fingerprint density at radius 1 is 0.500 bits per heavy atom. The molecule has 0 aliphatic rings. The second-order valence-electron chi connectivity index (χ2n) is 8.33. The number of hydrogen-bond donors (Lipinski definition) is 0. The van der Waals surface area contributed by atoms with Crippen molar-refractivity contribution in [3.8, 4) is 0 Å². The van der Waals surface area contributed by atoms with Crippen LogP contribution >= 0.6 is 8.03 Å². The monoisotopic (exact) mass is 544 g/mol. The average Bonchev–Trinajstić information content (AvgIpc) is 2.67. The summed E-state index contributed by atoms with van der Waals surface area (Å²) in [5.74, 6) is 0. The fourth-order valence-corrected chi connectivity index (χ4v) is 4.66. The predicted molar refractivity (Wildman–Crippen MR) is 124 cm³/mol. The van der Waals surface area contributed by atoms with E-state index in [1.807, 2.05) is 0 Å². The van der Waals surface area contributed by atoms with Crippen LogP contribution in [0.3, 0.4) is 0 Å². The second-order valence-corrected chi connectivity index (χ2v) is 9.87. The van der Waals surface area contributed by atoms with E-state index in [2.05, 4.69) is 13.8 Å². The molecule has 0 saturated heterocycles. The molecule has 0 amide bonds. The third kappa shape index (κ3) is 27.5. The van der Waals surface area contributed by atoms with E-state index in [1.54, 1.807) is 0 Å². The third-order valence-electron chi connectivity index (χ3n) is 5.50. The van der Waals surface area contributed by atoms with Crippen molar-refractivity contribution in [2.24, 2.45) is 0 Å². The van der Waals surface area contributed by atoms with E-state index in [1.165, 1.54) is 116 Å². The van der Waals surface area contributed by atoms with Crippen molar-refractivity contribution in [1.29, 1.82) is 0 Å². The first-order valence-electron chi connectivity index (χ1n) is 12.5. The fourth-order valence-electron chi connectivity index (χ4n) is 3.60. The van der Waals surface area contributed by atoms with E-state index in [0.717, 1.165) is 19.0 Å². The Balaban J connectivity index is 0. The van der Waals surface area contributed by atoms with Gasteiger partial charge in [-0.15, -0.1) is 0 Å². The minimum Gasteiger partial charge on any atom is -0.330 e. The van der Waals surface area contributed by atoms with Gasteiger partial charge < -0.3 is 4.52 Å². The number of hydrogen-bond acceptors (Lipinski definition) is 2. The molecule has 0 aromatic carbocycles. The summed E-state index contributed by atoms with van der Waals surface area (Å²) in [6.45, 7) is 5.26. The first-order chi connectivity index (χ1) is 13.3. The molecule has 0 N–H and O–H groups in total. The largest absolute Gasteiger partial charge is 0.330 e. The SMILES string of the molecule is CCCCCCCCCCCCO[PH](=O)CCCCCCCCCCCC.[Nd]. The molecule has 0 bridgehead atoms. The quantitative estimate of drug-likeness (QED) is 0.0942. The summed E-state index contributed by atoms with van der Waals surface area (Å²) in [6, 6.07) is 0. The van der Waals surface area contributed by atoms with Gasteiger partial charge in [-0.2, -0.15) is 0 Å². The Kier molecular flexibility index (Phi) is 32.3. The van der Waals surface area contributed by atoms with E-state index in [-0.39, 0.29) is 40.8 Å². The Morgan fingerprint density at radius 2 is 0.821 bits per heavy atom. The van der Waals surface area contributed by atoms with E-state index in [4.69, 9.17) is 4.52 Å². The van der Waals surface area contributed by atoms with Crippen molar-refractivity contribution in [2.45, 2.75) is 142 Å². The zero-order valence-electron chi connectivity index (χ0n) is 19.4. The number of unbranched alkanes of at least 4 members (excludes halogenated alkanes) is 18. The second kappa shape index (κ2) is 28.5. The molecule has 0 fully saturated rings. The van der Waals surface area contributed by atoms with Gasteiger partial charge in [-0.1, -0.05) is 129 Å². The zero-order valence-corrected chi connectivity index (χ0v) is 23.6. The molecule has 0 rings (SSSR count). The van der Waals surface area contributed by atoms with Crippen LogP contribution in [0.4, 0.5) is 0 Å². The van der Waals surface area contributed by atoms with Gasteiger partial charge in [0.1, 0.15) is 0 Å². The van der Waals surface area contributed by atoms with Crippen molar-refractivity contribution in [2.75, 3.05) is 12.8 Å². The summed E-state index contributed by atoms with van der Waals surface area (Å²) in [6.07, 6.45) is 27.5. The maximum Gasteiger partial charge on any atom is 0.191 e. The molecule has 168 valence electrons. The van der Waals surface area contributed by atoms with Crippen LogP contribution in [0, 0.1) is 40.8 Å². The number of rotatable bonds is 23. The maximum absolute atomic E-state index is 11.9. The van der Waals surface area contributed by atoms with Crippen LogP contribution in [0.2, 0.25) is 0 Å². The summed E-state index contributed by atoms with van der Waals surface area (Å²) in [7, 11) is -1.76. The molecule has 4 heteroatoms. The zero-order chi connectivity index (χ0) is 19.8. The maximum atomic E-state index is 11.9. The van der Waals surface area contributed by atoms with Crippen molar-refractivity contribution >= 4 is 8.03 Å². The Morgan fingerprint density at radius 3 is 1.21 bits per heavy atom. The molecule has 28 heavy (non-hydrogen) atoms. The van der Waals surface area contributed by atoms with E-state index in [9.17, 15) is 4.57 Å². The van der Waals surface area contributed by atoms with Crippen LogP contribution in [0.25, 0.3) is 0 Å². The van der Waals surface area contributed by atoms with Crippen molar-refractivity contribution in [1.82, 2.24) is 0 Å². The molecule has 0 saturated carbocycles. The first-order valence-corrected chi connectivity index (χ1v) is 14.0. The van der Waals surface area contributed by atoms with Crippen LogP contribution in [0.1, 0.15) is 142 Å². The summed E-state index contributed by atoms with van der Waals surface area (Å²) in [5, 5.41) is 0. The van der Waals surface area contributed by atoms with Gasteiger partial charge >= 0.3 is 0 Å². The summed E-state index contributed by atoms with van der Waals surface area (Å²) in [5.41, 5.74) is 0. The molecular formula is C24H51NdO2P. The predicted octanol–water partition coefficient (Wildman–Crippen LogP) is 9.32. The van der Waals surface area contributed by atoms with Gasteiger partial charge in [-0.25, -0.2) is 0 Å². The van der Waals surface area contributed by atoms with Gasteiger partial charge in [0.05, 0.1) is 6.61 Å². The van der Waals surface area contributed by atoms with Crippen LogP contribution in [0.5, 0.6) is 0 Å². The van der Waals surface area contributed by atoms with Gasteiger partial charge in [0.2, 0.25) is 0 Å². The Labute approximate surface area is 211 Å². The molecule has 0 aliphatic carbocycles. The molecule has 0 aromatic heterocycles. The summed E-state index contributed by atoms with van der Waals surface area (Å²) >= 11 is 0. The van der Waals surface area contributed by atoms with Crippen LogP contribution in [-0.2, 0) is 9.09 Å². The fraction of sp³-hybridized carbons (Fsp3) is 1.00. The van der Waals surface area contributed by atoms with Gasteiger partial charge in [0, 0.05) is 47.0 Å². The average molecular weight is 547 g/mol. The normalized spacial score (nSPS) is 12.1. The summed E-state index contributed by atoms with van der Waals surface area (Å²) in [4.78, 5) is 0. The Bertz CT molecular complexity index is 300. The van der Waals surface area contributed by atoms with Crippen LogP contribution in [-0.4, -0.2) is 12.8 Å². The smallest absolute Gasteiger partial charge is 0.191 e. The van der Waals surface area contributed by atoms with Gasteiger partial charge in [0.25, 0.3) is 0 Å². The molecular weight excluding hydrogens is 495 g/mol. The minimum absolute atomic E-state index is 0. The van der Waals surface area contributed by atoms with Crippen molar-refractivity contribution < 1.29 is 49.9 Å². The molecule has 1 unspecified atom stereocenters. The standard InChI is InChI=1S/C24H51O2P.Nd/c1-3-5-7-9-11-13-15-17-19-21-23-26-27(25)24-22-20-18-16-14-12-10-8-6-4-2;/h27H,3-24H2,1-2H3;. The van der Waals surface area contributed by atoms with E-state index < -0.39 is 8.03 Å². The van der Waals surface area contributed by atoms with Crippen molar-refractivity contribution in [3.05, 3.63) is 0 Å². The molecule has 1 atom stereocenters. The van der Waals surface area contributed by atoms with Gasteiger partial charge in [0.15, 0.2) is 8.03 Å². The molecule has 2 nitrogen and oxygen atoms in total. The van der Waals surface area contributed by atoms with E-state index >= 15 is 0 Å². The molecule has 0 aromatic rings. The van der Waals surface area contributed by atoms with Gasteiger partial charge in [-0.3, -0.25) is 4.57 Å². The molecule has 0 aliphatic heterocycles. The third-order valence-corrected chi connectivity index (χ3v) is 6.78. The van der Waals surface area contributed by atoms with Crippen LogP contribution < -0.4 is 0 Å². The summed E-state index contributed by atoms with van der Waals surface area (Å²) < 4.78 is 17.4. The van der Waals surface area contributed by atoms with Crippen molar-refractivity contribution in [3.63, 3.8) is 0 Å². The molecule has 0 radical (unpaired) electrons.